The molecule has 2 heterocycles. The zero-order valence-electron chi connectivity index (χ0n) is 14.1. The maximum Gasteiger partial charge on any atom is 0.242 e. The molecule has 6 heteroatoms. The van der Waals surface area contributed by atoms with Crippen LogP contribution in [0.15, 0.2) is 73.3 Å². The lowest BCUT2D eigenvalue weighted by molar-refractivity contribution is -0.125. The quantitative estimate of drug-likeness (QED) is 0.673. The Morgan fingerprint density at radius 3 is 2.19 bits per heavy atom. The van der Waals surface area contributed by atoms with Gasteiger partial charge in [-0.05, 0) is 53.1 Å². The van der Waals surface area contributed by atoms with Crippen LogP contribution in [0, 0.1) is 0 Å². The number of carbonyl (C=O) groups excluding carboxylic acids is 1. The molecule has 1 unspecified atom stereocenters. The molecule has 3 N–H and O–H groups in total. The number of rotatable bonds is 7. The second-order valence-electron chi connectivity index (χ2n) is 6.02. The average molecular weight is 367 g/mol. The Hall–Kier alpha value is -2.76. The summed E-state index contributed by atoms with van der Waals surface area (Å²) in [6.45, 7) is 0.461. The molecule has 0 aliphatic carbocycles. The first-order valence-corrected chi connectivity index (χ1v) is 8.57. The van der Waals surface area contributed by atoms with Gasteiger partial charge in [0.25, 0.3) is 0 Å². The molecule has 132 valence electrons. The van der Waals surface area contributed by atoms with Crippen LogP contribution in [0.5, 0.6) is 0 Å². The second kappa shape index (κ2) is 8.08. The van der Waals surface area contributed by atoms with Crippen LogP contribution in [0.2, 0.25) is 5.02 Å². The van der Waals surface area contributed by atoms with E-state index in [1.165, 1.54) is 0 Å². The fourth-order valence-electron chi connectivity index (χ4n) is 2.90. The third-order valence-corrected chi connectivity index (χ3v) is 4.54. The molecule has 0 spiro atoms. The average Bonchev–Trinajstić information content (AvgIpc) is 2.66. The molecular weight excluding hydrogens is 348 g/mol. The van der Waals surface area contributed by atoms with Gasteiger partial charge in [-0.1, -0.05) is 23.7 Å². The number of hydrogen-bond donors (Lipinski definition) is 2. The highest BCUT2D eigenvalue weighted by Gasteiger charge is 2.38. The van der Waals surface area contributed by atoms with E-state index >= 15 is 0 Å². The van der Waals surface area contributed by atoms with E-state index in [0.717, 1.165) is 16.7 Å². The summed E-state index contributed by atoms with van der Waals surface area (Å²) in [6.07, 6.45) is 7.20. The predicted octanol–water partition coefficient (Wildman–Crippen LogP) is 2.84. The van der Waals surface area contributed by atoms with E-state index in [-0.39, 0.29) is 0 Å². The minimum atomic E-state index is -1.10. The van der Waals surface area contributed by atoms with E-state index in [1.807, 2.05) is 36.4 Å². The summed E-state index contributed by atoms with van der Waals surface area (Å²) >= 11 is 6.18. The topological polar surface area (TPSA) is 80.9 Å². The molecule has 0 saturated heterocycles. The zero-order chi connectivity index (χ0) is 18.4. The van der Waals surface area contributed by atoms with Crippen LogP contribution in [-0.2, 0) is 23.3 Å². The molecule has 3 rings (SSSR count). The summed E-state index contributed by atoms with van der Waals surface area (Å²) in [5, 5.41) is 3.91. The van der Waals surface area contributed by atoms with E-state index in [4.69, 9.17) is 17.3 Å². The van der Waals surface area contributed by atoms with E-state index < -0.39 is 11.4 Å². The first kappa shape index (κ1) is 18.0. The van der Waals surface area contributed by atoms with Crippen molar-refractivity contribution in [3.8, 4) is 0 Å². The third-order valence-electron chi connectivity index (χ3n) is 4.30. The van der Waals surface area contributed by atoms with Gasteiger partial charge in [0.1, 0.15) is 5.54 Å². The Morgan fingerprint density at radius 1 is 1.00 bits per heavy atom. The number of nitrogens with one attached hydrogen (secondary N) is 1. The van der Waals surface area contributed by atoms with Crippen molar-refractivity contribution < 1.29 is 4.79 Å². The van der Waals surface area contributed by atoms with Gasteiger partial charge in [-0.15, -0.1) is 0 Å². The molecule has 0 aliphatic heterocycles. The first-order chi connectivity index (χ1) is 12.6. The summed E-state index contributed by atoms with van der Waals surface area (Å²) in [7, 11) is 0. The van der Waals surface area contributed by atoms with Crippen LogP contribution in [0.4, 0.5) is 0 Å². The van der Waals surface area contributed by atoms with Gasteiger partial charge in [-0.2, -0.15) is 0 Å². The van der Waals surface area contributed by atoms with Gasteiger partial charge in [0.05, 0.1) is 0 Å². The zero-order valence-corrected chi connectivity index (χ0v) is 14.9. The number of nitrogens with zero attached hydrogens (tertiary/aromatic N) is 2. The van der Waals surface area contributed by atoms with Gasteiger partial charge in [0.2, 0.25) is 5.91 Å². The first-order valence-electron chi connectivity index (χ1n) is 8.19. The maximum absolute atomic E-state index is 12.6. The molecule has 0 fully saturated rings. The normalized spacial score (nSPS) is 13.1. The van der Waals surface area contributed by atoms with Gasteiger partial charge in [-0.25, -0.2) is 0 Å². The third kappa shape index (κ3) is 4.07. The van der Waals surface area contributed by atoms with Crippen molar-refractivity contribution in [3.05, 3.63) is 95.0 Å². The molecule has 2 aromatic heterocycles. The minimum Gasteiger partial charge on any atom is -0.368 e. The number of aromatic nitrogens is 2. The van der Waals surface area contributed by atoms with Crippen LogP contribution in [-0.4, -0.2) is 15.9 Å². The Labute approximate surface area is 157 Å². The van der Waals surface area contributed by atoms with Crippen LogP contribution in [0.1, 0.15) is 16.7 Å². The summed E-state index contributed by atoms with van der Waals surface area (Å²) < 4.78 is 0. The molecule has 1 atom stereocenters. The van der Waals surface area contributed by atoms with Crippen molar-refractivity contribution in [2.45, 2.75) is 18.5 Å². The highest BCUT2D eigenvalue weighted by atomic mass is 35.5. The molecule has 0 saturated carbocycles. The number of hydrogen-bond acceptors (Lipinski definition) is 4. The number of carbonyl (C=O) groups is 1. The molecule has 0 bridgehead atoms. The Balaban J connectivity index is 2.01. The Bertz CT molecular complexity index is 873. The van der Waals surface area contributed by atoms with Gasteiger partial charge in [-0.3, -0.25) is 20.1 Å². The highest BCUT2D eigenvalue weighted by Crippen LogP contribution is 2.28. The van der Waals surface area contributed by atoms with Crippen LogP contribution in [0.25, 0.3) is 0 Å². The monoisotopic (exact) mass is 366 g/mol. The maximum atomic E-state index is 12.6. The van der Waals surface area contributed by atoms with E-state index in [2.05, 4.69) is 15.3 Å². The highest BCUT2D eigenvalue weighted by molar-refractivity contribution is 6.30. The van der Waals surface area contributed by atoms with E-state index in [0.29, 0.717) is 18.0 Å². The molecular formula is C20H19ClN4O. The molecule has 0 radical (unpaired) electrons. The smallest absolute Gasteiger partial charge is 0.242 e. The Kier molecular flexibility index (Phi) is 5.61. The van der Waals surface area contributed by atoms with Gasteiger partial charge in [0.15, 0.2) is 0 Å². The molecule has 26 heavy (non-hydrogen) atoms. The number of halogens is 1. The molecule has 3 aromatic rings. The fourth-order valence-corrected chi connectivity index (χ4v) is 3.09. The fraction of sp³-hybridized carbons (Fsp3) is 0.150. The standard InChI is InChI=1S/C20H19ClN4O/c21-18-3-1-2-17(12-18)20(19(22)26,13-15-4-8-23-9-5-15)25-14-16-6-10-24-11-7-16/h1-12,25H,13-14H2,(H2,22,26). The van der Waals surface area contributed by atoms with Crippen molar-refractivity contribution >= 4 is 17.5 Å². The predicted molar refractivity (Wildman–Crippen MR) is 101 cm³/mol. The minimum absolute atomic E-state index is 0.385. The molecule has 1 amide bonds. The summed E-state index contributed by atoms with van der Waals surface area (Å²) in [4.78, 5) is 20.7. The van der Waals surface area contributed by atoms with Gasteiger partial charge >= 0.3 is 0 Å². The summed E-state index contributed by atoms with van der Waals surface area (Å²) in [6, 6.07) is 14.7. The van der Waals surface area contributed by atoms with Gasteiger partial charge in [0, 0.05) is 42.8 Å². The van der Waals surface area contributed by atoms with Gasteiger partial charge < -0.3 is 5.73 Å². The van der Waals surface area contributed by atoms with Crippen LogP contribution in [0.3, 0.4) is 0 Å². The van der Waals surface area contributed by atoms with Crippen LogP contribution < -0.4 is 11.1 Å². The van der Waals surface area contributed by atoms with E-state index in [9.17, 15) is 4.79 Å². The molecule has 0 aliphatic rings. The summed E-state index contributed by atoms with van der Waals surface area (Å²) in [5.41, 5.74) is 7.46. The second-order valence-corrected chi connectivity index (χ2v) is 6.46. The van der Waals surface area contributed by atoms with Crippen molar-refractivity contribution in [2.75, 3.05) is 0 Å². The number of nitrogens with two attached hydrogens (primary N) is 1. The largest absolute Gasteiger partial charge is 0.368 e. The molecule has 1 aromatic carbocycles. The number of pyridine rings is 2. The number of primary amides is 1. The summed E-state index contributed by atoms with van der Waals surface area (Å²) in [5.74, 6) is -0.467. The SMILES string of the molecule is NC(=O)C(Cc1ccncc1)(NCc1ccncc1)c1cccc(Cl)c1. The lowest BCUT2D eigenvalue weighted by atomic mass is 9.83. The lowest BCUT2D eigenvalue weighted by Crippen LogP contribution is -2.54. The lowest BCUT2D eigenvalue weighted by Gasteiger charge is -2.33. The Morgan fingerprint density at radius 2 is 1.62 bits per heavy atom. The van der Waals surface area contributed by atoms with Crippen molar-refractivity contribution in [3.63, 3.8) is 0 Å². The van der Waals surface area contributed by atoms with Crippen LogP contribution >= 0.6 is 11.6 Å². The van der Waals surface area contributed by atoms with Crippen molar-refractivity contribution in [2.24, 2.45) is 5.73 Å². The van der Waals surface area contributed by atoms with Crippen molar-refractivity contribution in [1.82, 2.24) is 15.3 Å². The van der Waals surface area contributed by atoms with E-state index in [1.54, 1.807) is 36.9 Å². The van der Waals surface area contributed by atoms with Crippen molar-refractivity contribution in [1.29, 1.82) is 0 Å². The number of amides is 1. The number of benzene rings is 1. The molecule has 5 nitrogen and oxygen atoms in total.